The normalized spacial score (nSPS) is 25.6. The lowest BCUT2D eigenvalue weighted by Crippen LogP contribution is -2.30. The van der Waals surface area contributed by atoms with E-state index in [0.717, 1.165) is 11.6 Å². The number of likely N-dealkylation sites (tertiary alicyclic amines) is 1. The van der Waals surface area contributed by atoms with Crippen LogP contribution in [0.2, 0.25) is 0 Å². The molecule has 0 unspecified atom stereocenters. The topological polar surface area (TPSA) is 37.4 Å². The van der Waals surface area contributed by atoms with Crippen molar-refractivity contribution in [1.29, 1.82) is 0 Å². The molecule has 2 fully saturated rings. The zero-order chi connectivity index (χ0) is 16.9. The molecule has 1 heterocycles. The van der Waals surface area contributed by atoms with Gasteiger partial charge in [0.05, 0.1) is 12.0 Å². The smallest absolute Gasteiger partial charge is 0.236 e. The first-order valence-corrected chi connectivity index (χ1v) is 7.85. The van der Waals surface area contributed by atoms with Gasteiger partial charge in [-0.25, -0.2) is 8.78 Å². The third kappa shape index (κ3) is 2.23. The van der Waals surface area contributed by atoms with Crippen LogP contribution in [0.1, 0.15) is 29.9 Å². The van der Waals surface area contributed by atoms with Gasteiger partial charge in [0.1, 0.15) is 11.6 Å². The van der Waals surface area contributed by atoms with Crippen molar-refractivity contribution in [1.82, 2.24) is 4.90 Å². The molecule has 2 amide bonds. The van der Waals surface area contributed by atoms with Gasteiger partial charge in [0.25, 0.3) is 0 Å². The molecular formula is C19H15F2NO2. The zero-order valence-electron chi connectivity index (χ0n) is 12.8. The Morgan fingerprint density at radius 2 is 1.83 bits per heavy atom. The minimum Gasteiger partial charge on any atom is -0.278 e. The summed E-state index contributed by atoms with van der Waals surface area (Å²) in [4.78, 5) is 26.3. The maximum atomic E-state index is 14.0. The molecule has 0 bridgehead atoms. The van der Waals surface area contributed by atoms with E-state index in [1.165, 1.54) is 17.0 Å². The standard InChI is InChI=1S/C19H15F2NO2/c20-13-6-7-14(16(21)8-13)15-9-19(15)10-17(23)22(18(19)24)11-12-4-2-1-3-5-12/h1-8,15H,9-11H2/t15-,19+/m1/s1. The molecule has 122 valence electrons. The third-order valence-corrected chi connectivity index (χ3v) is 5.04. The van der Waals surface area contributed by atoms with Gasteiger partial charge in [-0.1, -0.05) is 36.4 Å². The highest BCUT2D eigenvalue weighted by molar-refractivity contribution is 6.08. The van der Waals surface area contributed by atoms with E-state index >= 15 is 0 Å². The fourth-order valence-electron chi connectivity index (χ4n) is 3.68. The number of carbonyl (C=O) groups is 2. The molecule has 0 aromatic heterocycles. The van der Waals surface area contributed by atoms with Gasteiger partial charge in [-0.15, -0.1) is 0 Å². The van der Waals surface area contributed by atoms with Gasteiger partial charge in [-0.3, -0.25) is 14.5 Å². The monoisotopic (exact) mass is 327 g/mol. The van der Waals surface area contributed by atoms with E-state index in [1.807, 2.05) is 30.3 Å². The summed E-state index contributed by atoms with van der Waals surface area (Å²) >= 11 is 0. The Labute approximate surface area is 137 Å². The quantitative estimate of drug-likeness (QED) is 0.810. The third-order valence-electron chi connectivity index (χ3n) is 5.04. The summed E-state index contributed by atoms with van der Waals surface area (Å²) in [5.74, 6) is -2.13. The summed E-state index contributed by atoms with van der Waals surface area (Å²) in [6.07, 6.45) is 0.533. The molecule has 2 atom stereocenters. The SMILES string of the molecule is O=C1C[C@]2(C[C@@H]2c2ccc(F)cc2F)C(=O)N1Cc1ccccc1. The summed E-state index contributed by atoms with van der Waals surface area (Å²) in [5, 5.41) is 0. The molecule has 2 aromatic carbocycles. The minimum atomic E-state index is -0.843. The second-order valence-electron chi connectivity index (χ2n) is 6.53. The Hall–Kier alpha value is -2.56. The molecule has 5 heteroatoms. The van der Waals surface area contributed by atoms with Gasteiger partial charge < -0.3 is 0 Å². The van der Waals surface area contributed by atoms with Gasteiger partial charge in [0.2, 0.25) is 11.8 Å². The lowest BCUT2D eigenvalue weighted by molar-refractivity contribution is -0.140. The first-order chi connectivity index (χ1) is 11.5. The van der Waals surface area contributed by atoms with Crippen molar-refractivity contribution >= 4 is 11.8 Å². The molecule has 1 saturated carbocycles. The maximum Gasteiger partial charge on any atom is 0.236 e. The van der Waals surface area contributed by atoms with Crippen LogP contribution in [-0.2, 0) is 16.1 Å². The molecular weight excluding hydrogens is 312 g/mol. The first-order valence-electron chi connectivity index (χ1n) is 7.85. The van der Waals surface area contributed by atoms with Crippen LogP contribution in [0.4, 0.5) is 8.78 Å². The average Bonchev–Trinajstić information content (AvgIpc) is 3.22. The van der Waals surface area contributed by atoms with Crippen molar-refractivity contribution in [3.63, 3.8) is 0 Å². The van der Waals surface area contributed by atoms with Crippen molar-refractivity contribution in [3.8, 4) is 0 Å². The van der Waals surface area contributed by atoms with Crippen LogP contribution in [0.15, 0.2) is 48.5 Å². The Balaban J connectivity index is 1.58. The van der Waals surface area contributed by atoms with E-state index in [2.05, 4.69) is 0 Å². The van der Waals surface area contributed by atoms with Crippen LogP contribution in [0, 0.1) is 17.0 Å². The second kappa shape index (κ2) is 5.23. The van der Waals surface area contributed by atoms with E-state index in [4.69, 9.17) is 0 Å². The van der Waals surface area contributed by atoms with Crippen molar-refractivity contribution in [2.75, 3.05) is 0 Å². The largest absolute Gasteiger partial charge is 0.278 e. The number of carbonyl (C=O) groups excluding carboxylic acids is 2. The van der Waals surface area contributed by atoms with Crippen LogP contribution < -0.4 is 0 Å². The highest BCUT2D eigenvalue weighted by atomic mass is 19.1. The second-order valence-corrected chi connectivity index (χ2v) is 6.53. The number of amides is 2. The van der Waals surface area contributed by atoms with Crippen molar-refractivity contribution in [2.24, 2.45) is 5.41 Å². The predicted octanol–water partition coefficient (Wildman–Crippen LogP) is 3.40. The molecule has 1 saturated heterocycles. The summed E-state index contributed by atoms with van der Waals surface area (Å²) in [6, 6.07) is 12.7. The van der Waals surface area contributed by atoms with E-state index in [9.17, 15) is 18.4 Å². The fraction of sp³-hybridized carbons (Fsp3) is 0.263. The number of hydrogen-bond donors (Lipinski definition) is 0. The highest BCUT2D eigenvalue weighted by Crippen LogP contribution is 2.65. The summed E-state index contributed by atoms with van der Waals surface area (Å²) < 4.78 is 27.1. The number of nitrogens with zero attached hydrogens (tertiary/aromatic N) is 1. The van der Waals surface area contributed by atoms with Crippen LogP contribution in [0.3, 0.4) is 0 Å². The molecule has 2 aliphatic rings. The van der Waals surface area contributed by atoms with Gasteiger partial charge in [-0.2, -0.15) is 0 Å². The number of rotatable bonds is 3. The van der Waals surface area contributed by atoms with Gasteiger partial charge >= 0.3 is 0 Å². The fourth-order valence-corrected chi connectivity index (χ4v) is 3.68. The lowest BCUT2D eigenvalue weighted by Gasteiger charge is -2.15. The Morgan fingerprint density at radius 3 is 2.54 bits per heavy atom. The van der Waals surface area contributed by atoms with E-state index in [1.54, 1.807) is 0 Å². The van der Waals surface area contributed by atoms with Crippen LogP contribution >= 0.6 is 0 Å². The van der Waals surface area contributed by atoms with E-state index in [0.29, 0.717) is 12.0 Å². The zero-order valence-corrected chi connectivity index (χ0v) is 12.8. The molecule has 0 radical (unpaired) electrons. The molecule has 24 heavy (non-hydrogen) atoms. The number of hydrogen-bond acceptors (Lipinski definition) is 2. The van der Waals surface area contributed by atoms with Crippen molar-refractivity contribution in [3.05, 3.63) is 71.3 Å². The van der Waals surface area contributed by atoms with Gasteiger partial charge in [-0.05, 0) is 23.6 Å². The first kappa shape index (κ1) is 15.0. The summed E-state index contributed by atoms with van der Waals surface area (Å²) in [5.41, 5.74) is 0.352. The van der Waals surface area contributed by atoms with Crippen molar-refractivity contribution < 1.29 is 18.4 Å². The summed E-state index contributed by atoms with van der Waals surface area (Å²) in [6.45, 7) is 0.235. The molecule has 1 aliphatic carbocycles. The highest BCUT2D eigenvalue weighted by Gasteiger charge is 2.67. The molecule has 1 aliphatic heterocycles. The molecule has 1 spiro atoms. The van der Waals surface area contributed by atoms with Crippen LogP contribution in [0.5, 0.6) is 0 Å². The number of benzene rings is 2. The predicted molar refractivity (Wildman–Crippen MR) is 82.8 cm³/mol. The number of halogens is 2. The van der Waals surface area contributed by atoms with E-state index < -0.39 is 17.0 Å². The Kier molecular flexibility index (Phi) is 3.27. The molecule has 3 nitrogen and oxygen atoms in total. The molecule has 2 aromatic rings. The van der Waals surface area contributed by atoms with Crippen molar-refractivity contribution in [2.45, 2.75) is 25.3 Å². The Morgan fingerprint density at radius 1 is 1.08 bits per heavy atom. The lowest BCUT2D eigenvalue weighted by atomic mass is 9.97. The molecule has 4 rings (SSSR count). The summed E-state index contributed by atoms with van der Waals surface area (Å²) in [7, 11) is 0. The van der Waals surface area contributed by atoms with E-state index in [-0.39, 0.29) is 30.7 Å². The minimum absolute atomic E-state index is 0.0974. The average molecular weight is 327 g/mol. The van der Waals surface area contributed by atoms with Gasteiger partial charge in [0, 0.05) is 18.4 Å². The van der Waals surface area contributed by atoms with Crippen LogP contribution in [0.25, 0.3) is 0 Å². The Bertz CT molecular complexity index is 837. The number of imide groups is 1. The van der Waals surface area contributed by atoms with Crippen LogP contribution in [-0.4, -0.2) is 16.7 Å². The maximum absolute atomic E-state index is 14.0. The molecule has 0 N–H and O–H groups in total. The van der Waals surface area contributed by atoms with Gasteiger partial charge in [0.15, 0.2) is 0 Å².